The number of benzene rings is 3. The lowest BCUT2D eigenvalue weighted by molar-refractivity contribution is -0.128. The number of fused-ring (bicyclic) bond motifs is 1. The maximum Gasteiger partial charge on any atom is 0.249 e. The lowest BCUT2D eigenvalue weighted by atomic mass is 9.95. The van der Waals surface area contributed by atoms with Crippen molar-refractivity contribution in [1.82, 2.24) is 5.32 Å². The van der Waals surface area contributed by atoms with Crippen molar-refractivity contribution < 1.29 is 18.8 Å². The van der Waals surface area contributed by atoms with Crippen molar-refractivity contribution in [2.24, 2.45) is 0 Å². The van der Waals surface area contributed by atoms with Gasteiger partial charge < -0.3 is 15.5 Å². The first kappa shape index (κ1) is 23.2. The first-order valence-corrected chi connectivity index (χ1v) is 11.1. The minimum Gasteiger partial charge on any atom is -0.344 e. The van der Waals surface area contributed by atoms with Gasteiger partial charge in [0.25, 0.3) is 0 Å². The van der Waals surface area contributed by atoms with Crippen LogP contribution in [0.2, 0.25) is 0 Å². The molecule has 3 amide bonds. The molecule has 1 aliphatic heterocycles. The van der Waals surface area contributed by atoms with E-state index < -0.39 is 23.7 Å². The number of hydrogen-bond acceptors (Lipinski definition) is 3. The maximum absolute atomic E-state index is 13.7. The molecule has 1 heterocycles. The number of halogens is 1. The van der Waals surface area contributed by atoms with Gasteiger partial charge in [-0.25, -0.2) is 4.39 Å². The SMILES string of the molecule is Cc1cccc2c1NC(=O)C2CC(=O)N[C@@H](Cc1ccccc1)C(=O)N(C)c1cccc(F)c1. The molecule has 0 bridgehead atoms. The van der Waals surface area contributed by atoms with Crippen molar-refractivity contribution in [2.75, 3.05) is 17.3 Å². The van der Waals surface area contributed by atoms with E-state index >= 15 is 0 Å². The van der Waals surface area contributed by atoms with E-state index in [9.17, 15) is 18.8 Å². The van der Waals surface area contributed by atoms with Gasteiger partial charge in [-0.15, -0.1) is 0 Å². The molecular formula is C27H26FN3O3. The van der Waals surface area contributed by atoms with Gasteiger partial charge in [-0.1, -0.05) is 54.6 Å². The van der Waals surface area contributed by atoms with Crippen LogP contribution in [0.4, 0.5) is 15.8 Å². The molecule has 0 aliphatic carbocycles. The monoisotopic (exact) mass is 459 g/mol. The van der Waals surface area contributed by atoms with E-state index in [0.717, 1.165) is 22.4 Å². The molecule has 3 aromatic rings. The topological polar surface area (TPSA) is 78.5 Å². The third-order valence-electron chi connectivity index (χ3n) is 6.08. The van der Waals surface area contributed by atoms with Crippen molar-refractivity contribution in [3.8, 4) is 0 Å². The second-order valence-electron chi connectivity index (χ2n) is 8.47. The molecule has 174 valence electrons. The summed E-state index contributed by atoms with van der Waals surface area (Å²) in [5, 5.41) is 5.67. The molecular weight excluding hydrogens is 433 g/mol. The molecule has 4 rings (SSSR count). The molecule has 0 spiro atoms. The van der Waals surface area contributed by atoms with Crippen LogP contribution in [0.15, 0.2) is 72.8 Å². The van der Waals surface area contributed by atoms with Crippen LogP contribution in [-0.4, -0.2) is 30.8 Å². The van der Waals surface area contributed by atoms with Crippen LogP contribution in [0.1, 0.15) is 29.0 Å². The highest BCUT2D eigenvalue weighted by Gasteiger charge is 2.34. The number of rotatable bonds is 7. The predicted molar refractivity (Wildman–Crippen MR) is 129 cm³/mol. The van der Waals surface area contributed by atoms with Crippen LogP contribution >= 0.6 is 0 Å². The van der Waals surface area contributed by atoms with E-state index in [1.54, 1.807) is 13.1 Å². The second-order valence-corrected chi connectivity index (χ2v) is 8.47. The Balaban J connectivity index is 1.54. The van der Waals surface area contributed by atoms with Crippen molar-refractivity contribution in [3.05, 3.63) is 95.3 Å². The van der Waals surface area contributed by atoms with E-state index in [0.29, 0.717) is 5.69 Å². The summed E-state index contributed by atoms with van der Waals surface area (Å²) in [6.07, 6.45) is 0.183. The van der Waals surface area contributed by atoms with Crippen molar-refractivity contribution in [2.45, 2.75) is 31.7 Å². The Hall–Kier alpha value is -4.00. The standard InChI is InChI=1S/C27H26FN3O3/c1-17-8-6-13-21-22(26(33)30-25(17)21)16-24(32)29-23(14-18-9-4-3-5-10-18)27(34)31(2)20-12-7-11-19(28)15-20/h3-13,15,22-23H,14,16H2,1-2H3,(H,29,32)(H,30,33)/t22?,23-/m0/s1. The number of amides is 3. The van der Waals surface area contributed by atoms with E-state index in [2.05, 4.69) is 10.6 Å². The summed E-state index contributed by atoms with van der Waals surface area (Å²) in [6.45, 7) is 1.90. The smallest absolute Gasteiger partial charge is 0.249 e. The summed E-state index contributed by atoms with van der Waals surface area (Å²) in [4.78, 5) is 40.3. The summed E-state index contributed by atoms with van der Waals surface area (Å²) in [5.74, 6) is -2.10. The highest BCUT2D eigenvalue weighted by Crippen LogP contribution is 2.36. The van der Waals surface area contributed by atoms with Crippen LogP contribution < -0.4 is 15.5 Å². The van der Waals surface area contributed by atoms with Crippen molar-refractivity contribution in [3.63, 3.8) is 0 Å². The summed E-state index contributed by atoms with van der Waals surface area (Å²) in [5.41, 5.74) is 3.71. The number of nitrogens with zero attached hydrogens (tertiary/aromatic N) is 1. The number of aryl methyl sites for hydroxylation is 1. The van der Waals surface area contributed by atoms with Gasteiger partial charge in [0.2, 0.25) is 17.7 Å². The van der Waals surface area contributed by atoms with Crippen LogP contribution in [0.5, 0.6) is 0 Å². The third-order valence-corrected chi connectivity index (χ3v) is 6.08. The minimum atomic E-state index is -0.885. The fourth-order valence-electron chi connectivity index (χ4n) is 4.24. The molecule has 0 saturated carbocycles. The minimum absolute atomic E-state index is 0.0788. The molecule has 7 heteroatoms. The fourth-order valence-corrected chi connectivity index (χ4v) is 4.24. The summed E-state index contributed by atoms with van der Waals surface area (Å²) in [7, 11) is 1.55. The number of nitrogens with one attached hydrogen (secondary N) is 2. The molecule has 6 nitrogen and oxygen atoms in total. The molecule has 0 radical (unpaired) electrons. The number of hydrogen-bond donors (Lipinski definition) is 2. The van der Waals surface area contributed by atoms with Crippen molar-refractivity contribution >= 4 is 29.1 Å². The van der Waals surface area contributed by atoms with Gasteiger partial charge in [-0.3, -0.25) is 14.4 Å². The number of carbonyl (C=O) groups is 3. The van der Waals surface area contributed by atoms with Crippen LogP contribution in [0.3, 0.4) is 0 Å². The van der Waals surface area contributed by atoms with E-state index in [1.165, 1.54) is 23.1 Å². The molecule has 0 fully saturated rings. The van der Waals surface area contributed by atoms with E-state index in [1.807, 2.05) is 55.5 Å². The number of anilines is 2. The third kappa shape index (κ3) is 4.98. The Labute approximate surface area is 197 Å². The Morgan fingerprint density at radius 3 is 2.53 bits per heavy atom. The second kappa shape index (κ2) is 9.87. The Kier molecular flexibility index (Phi) is 6.72. The number of para-hydroxylation sites is 1. The first-order valence-electron chi connectivity index (χ1n) is 11.1. The highest BCUT2D eigenvalue weighted by atomic mass is 19.1. The molecule has 0 aromatic heterocycles. The summed E-state index contributed by atoms with van der Waals surface area (Å²) < 4.78 is 13.7. The molecule has 2 N–H and O–H groups in total. The normalized spacial score (nSPS) is 15.3. The van der Waals surface area contributed by atoms with Crippen LogP contribution in [0.25, 0.3) is 0 Å². The highest BCUT2D eigenvalue weighted by molar-refractivity contribution is 6.06. The molecule has 1 aliphatic rings. The van der Waals surface area contributed by atoms with Gasteiger partial charge >= 0.3 is 0 Å². The average molecular weight is 460 g/mol. The van der Waals surface area contributed by atoms with Gasteiger partial charge in [-0.05, 0) is 41.8 Å². The van der Waals surface area contributed by atoms with E-state index in [-0.39, 0.29) is 24.7 Å². The largest absolute Gasteiger partial charge is 0.344 e. The Morgan fingerprint density at radius 2 is 1.79 bits per heavy atom. The quantitative estimate of drug-likeness (QED) is 0.562. The lowest BCUT2D eigenvalue weighted by Gasteiger charge is -2.25. The zero-order valence-corrected chi connectivity index (χ0v) is 19.0. The Bertz CT molecular complexity index is 1230. The molecule has 1 unspecified atom stereocenters. The van der Waals surface area contributed by atoms with Crippen molar-refractivity contribution in [1.29, 1.82) is 0 Å². The number of likely N-dealkylation sites (N-methyl/N-ethyl adjacent to an activating group) is 1. The zero-order valence-electron chi connectivity index (χ0n) is 19.0. The average Bonchev–Trinajstić information content (AvgIpc) is 3.14. The fraction of sp³-hybridized carbons (Fsp3) is 0.222. The predicted octanol–water partition coefficient (Wildman–Crippen LogP) is 3.95. The zero-order chi connectivity index (χ0) is 24.2. The number of carbonyl (C=O) groups excluding carboxylic acids is 3. The van der Waals surface area contributed by atoms with Gasteiger partial charge in [0, 0.05) is 31.3 Å². The van der Waals surface area contributed by atoms with Gasteiger partial charge in [0.05, 0.1) is 5.92 Å². The van der Waals surface area contributed by atoms with E-state index in [4.69, 9.17) is 0 Å². The van der Waals surface area contributed by atoms with Crippen LogP contribution in [-0.2, 0) is 20.8 Å². The molecule has 3 aromatic carbocycles. The maximum atomic E-state index is 13.7. The molecule has 0 saturated heterocycles. The summed E-state index contributed by atoms with van der Waals surface area (Å²) >= 11 is 0. The lowest BCUT2D eigenvalue weighted by Crippen LogP contribution is -2.49. The molecule has 2 atom stereocenters. The van der Waals surface area contributed by atoms with Gasteiger partial charge in [-0.2, -0.15) is 0 Å². The Morgan fingerprint density at radius 1 is 1.06 bits per heavy atom. The first-order chi connectivity index (χ1) is 16.3. The molecule has 34 heavy (non-hydrogen) atoms. The summed E-state index contributed by atoms with van der Waals surface area (Å²) in [6, 6.07) is 19.8. The van der Waals surface area contributed by atoms with Gasteiger partial charge in [0.15, 0.2) is 0 Å². The van der Waals surface area contributed by atoms with Gasteiger partial charge in [0.1, 0.15) is 11.9 Å². The van der Waals surface area contributed by atoms with Crippen LogP contribution in [0, 0.1) is 12.7 Å².